The van der Waals surface area contributed by atoms with Gasteiger partial charge in [0.2, 0.25) is 5.91 Å². The molecule has 0 aliphatic heterocycles. The van der Waals surface area contributed by atoms with Crippen LogP contribution in [0.15, 0.2) is 53.4 Å². The predicted molar refractivity (Wildman–Crippen MR) is 143 cm³/mol. The Morgan fingerprint density at radius 3 is 2.11 bits per heavy atom. The highest BCUT2D eigenvalue weighted by Gasteiger charge is 2.32. The number of alkyl halides is 1. The van der Waals surface area contributed by atoms with Crippen molar-refractivity contribution >= 4 is 44.2 Å². The molecule has 0 saturated heterocycles. The Morgan fingerprint density at radius 1 is 0.946 bits per heavy atom. The summed E-state index contributed by atoms with van der Waals surface area (Å²) < 4.78 is 74.2. The number of primary amides is 1. The predicted octanol–water partition coefficient (Wildman–Crippen LogP) is 4.20. The van der Waals surface area contributed by atoms with Crippen LogP contribution in [0.2, 0.25) is 0 Å². The zero-order valence-corrected chi connectivity index (χ0v) is 23.2. The molecule has 0 fully saturated rings. The number of rotatable bonds is 11. The van der Waals surface area contributed by atoms with Crippen LogP contribution >= 0.6 is 22.6 Å². The van der Waals surface area contributed by atoms with Crippen molar-refractivity contribution < 1.29 is 36.2 Å². The Morgan fingerprint density at radius 2 is 1.57 bits per heavy atom. The Labute approximate surface area is 227 Å². The minimum Gasteiger partial charge on any atom is -0.495 e. The molecule has 12 heteroatoms. The van der Waals surface area contributed by atoms with E-state index in [1.807, 2.05) is 0 Å². The lowest BCUT2D eigenvalue weighted by molar-refractivity contribution is -0.116. The number of nitrogens with two attached hydrogens (primary N) is 1. The van der Waals surface area contributed by atoms with E-state index < -0.39 is 34.1 Å². The zero-order valence-electron chi connectivity index (χ0n) is 20.3. The van der Waals surface area contributed by atoms with Gasteiger partial charge in [-0.3, -0.25) is 9.10 Å². The molecule has 198 valence electrons. The van der Waals surface area contributed by atoms with Gasteiger partial charge in [0, 0.05) is 22.5 Å². The van der Waals surface area contributed by atoms with Crippen molar-refractivity contribution in [3.63, 3.8) is 0 Å². The number of methoxy groups -OCH3 is 3. The Balaban J connectivity index is 2.31. The van der Waals surface area contributed by atoms with Gasteiger partial charge >= 0.3 is 0 Å². The second kappa shape index (κ2) is 11.9. The third-order valence-electron chi connectivity index (χ3n) is 5.51. The molecule has 0 atom stereocenters. The lowest BCUT2D eigenvalue weighted by atomic mass is 9.99. The van der Waals surface area contributed by atoms with Crippen LogP contribution in [-0.2, 0) is 25.7 Å². The SMILES string of the molecule is COc1ccc(S(=O)(=O)N(CC(N)=O)c2c(Cc3c(F)cccc3F)cc(CI)cc2OC)cc1OC. The molecular weight excluding hydrogens is 621 g/mol. The Bertz CT molecular complexity index is 1400. The number of anilines is 1. The number of hydrogen-bond donors (Lipinski definition) is 1. The number of ether oxygens (including phenoxy) is 3. The molecule has 0 bridgehead atoms. The van der Waals surface area contributed by atoms with Crippen molar-refractivity contribution in [2.45, 2.75) is 15.7 Å². The van der Waals surface area contributed by atoms with Gasteiger partial charge in [0.15, 0.2) is 11.5 Å². The maximum absolute atomic E-state index is 14.6. The quantitative estimate of drug-likeness (QED) is 0.247. The van der Waals surface area contributed by atoms with Crippen LogP contribution in [-0.4, -0.2) is 42.2 Å². The van der Waals surface area contributed by atoms with Crippen LogP contribution in [0.5, 0.6) is 17.2 Å². The van der Waals surface area contributed by atoms with E-state index in [4.69, 9.17) is 19.9 Å². The molecule has 0 radical (unpaired) electrons. The van der Waals surface area contributed by atoms with Gasteiger partial charge in [-0.1, -0.05) is 34.7 Å². The standard InChI is InChI=1S/C25H25F2IN2O6S/c1-34-21-8-7-17(12-22(21)35-2)37(32,33)30(14-24(29)31)25-16(9-15(13-28)10-23(25)36-3)11-18-19(26)5-4-6-20(18)27/h4-10,12H,11,13-14H2,1-3H3,(H2,29,31). The summed E-state index contributed by atoms with van der Waals surface area (Å²) in [6.45, 7) is -0.761. The number of benzene rings is 3. The highest BCUT2D eigenvalue weighted by Crippen LogP contribution is 2.40. The molecule has 3 aromatic rings. The van der Waals surface area contributed by atoms with Gasteiger partial charge in [-0.05, 0) is 41.5 Å². The van der Waals surface area contributed by atoms with Gasteiger partial charge in [0.05, 0.1) is 31.9 Å². The maximum Gasteiger partial charge on any atom is 0.265 e. The summed E-state index contributed by atoms with van der Waals surface area (Å²) in [5, 5.41) is 0. The molecule has 0 saturated carbocycles. The van der Waals surface area contributed by atoms with E-state index in [1.54, 1.807) is 12.1 Å². The number of nitrogens with zero attached hydrogens (tertiary/aromatic N) is 1. The van der Waals surface area contributed by atoms with Crippen LogP contribution in [0.25, 0.3) is 0 Å². The van der Waals surface area contributed by atoms with E-state index in [1.165, 1.54) is 45.6 Å². The first-order valence-electron chi connectivity index (χ1n) is 10.8. The highest BCUT2D eigenvalue weighted by molar-refractivity contribution is 14.1. The summed E-state index contributed by atoms with van der Waals surface area (Å²) in [6, 6.07) is 10.6. The topological polar surface area (TPSA) is 108 Å². The van der Waals surface area contributed by atoms with Gasteiger partial charge in [0.25, 0.3) is 10.0 Å². The van der Waals surface area contributed by atoms with Crippen molar-refractivity contribution in [1.29, 1.82) is 0 Å². The molecule has 8 nitrogen and oxygen atoms in total. The molecule has 37 heavy (non-hydrogen) atoms. The molecule has 3 aromatic carbocycles. The largest absolute Gasteiger partial charge is 0.495 e. The molecule has 1 amide bonds. The Hall–Kier alpha value is -3.13. The van der Waals surface area contributed by atoms with Crippen molar-refractivity contribution in [3.8, 4) is 17.2 Å². The highest BCUT2D eigenvalue weighted by atomic mass is 127. The molecule has 0 aliphatic rings. The first-order chi connectivity index (χ1) is 17.6. The van der Waals surface area contributed by atoms with E-state index in [-0.39, 0.29) is 39.6 Å². The second-order valence-corrected chi connectivity index (χ2v) is 10.4. The molecule has 2 N–H and O–H groups in total. The van der Waals surface area contributed by atoms with E-state index >= 15 is 0 Å². The lowest BCUT2D eigenvalue weighted by Gasteiger charge is -2.28. The van der Waals surface area contributed by atoms with Crippen molar-refractivity contribution in [2.75, 3.05) is 32.2 Å². The van der Waals surface area contributed by atoms with Crippen molar-refractivity contribution in [3.05, 3.63) is 76.9 Å². The monoisotopic (exact) mass is 646 g/mol. The van der Waals surface area contributed by atoms with E-state index in [2.05, 4.69) is 22.6 Å². The summed E-state index contributed by atoms with van der Waals surface area (Å²) in [6.07, 6.45) is -0.314. The van der Waals surface area contributed by atoms with Crippen LogP contribution in [0.3, 0.4) is 0 Å². The number of carbonyl (C=O) groups excluding carboxylic acids is 1. The zero-order chi connectivity index (χ0) is 27.3. The van der Waals surface area contributed by atoms with Gasteiger partial charge in [-0.15, -0.1) is 0 Å². The van der Waals surface area contributed by atoms with Crippen LogP contribution in [0, 0.1) is 11.6 Å². The molecular formula is C25H25F2IN2O6S. The average Bonchev–Trinajstić information content (AvgIpc) is 2.88. The third kappa shape index (κ3) is 6.06. The maximum atomic E-state index is 14.6. The lowest BCUT2D eigenvalue weighted by Crippen LogP contribution is -2.39. The van der Waals surface area contributed by atoms with Crippen LogP contribution in [0.4, 0.5) is 14.5 Å². The van der Waals surface area contributed by atoms with Gasteiger partial charge in [-0.25, -0.2) is 17.2 Å². The fourth-order valence-electron chi connectivity index (χ4n) is 3.80. The average molecular weight is 646 g/mol. The molecule has 3 rings (SSSR count). The van der Waals surface area contributed by atoms with Gasteiger partial charge < -0.3 is 19.9 Å². The molecule has 0 aromatic heterocycles. The molecule has 0 spiro atoms. The van der Waals surface area contributed by atoms with E-state index in [0.29, 0.717) is 10.2 Å². The smallest absolute Gasteiger partial charge is 0.265 e. The molecule has 0 unspecified atom stereocenters. The summed E-state index contributed by atoms with van der Waals surface area (Å²) in [5.74, 6) is -2.02. The van der Waals surface area contributed by atoms with E-state index in [0.717, 1.165) is 22.0 Å². The Kier molecular flexibility index (Phi) is 9.18. The number of hydrogen-bond acceptors (Lipinski definition) is 6. The fourth-order valence-corrected chi connectivity index (χ4v) is 5.74. The van der Waals surface area contributed by atoms with Crippen molar-refractivity contribution in [2.24, 2.45) is 5.73 Å². The second-order valence-electron chi connectivity index (χ2n) is 7.81. The molecule has 0 heterocycles. The summed E-state index contributed by atoms with van der Waals surface area (Å²) in [5.41, 5.74) is 6.07. The number of halogens is 3. The van der Waals surface area contributed by atoms with Crippen molar-refractivity contribution in [1.82, 2.24) is 0 Å². The number of amides is 1. The summed E-state index contributed by atoms with van der Waals surface area (Å²) in [7, 11) is -0.387. The summed E-state index contributed by atoms with van der Waals surface area (Å²) >= 11 is 2.10. The number of sulfonamides is 1. The molecule has 0 aliphatic carbocycles. The van der Waals surface area contributed by atoms with Crippen LogP contribution in [0.1, 0.15) is 16.7 Å². The first-order valence-corrected chi connectivity index (χ1v) is 13.8. The minimum atomic E-state index is -4.47. The normalized spacial score (nSPS) is 11.2. The third-order valence-corrected chi connectivity index (χ3v) is 8.13. The van der Waals surface area contributed by atoms with Crippen LogP contribution < -0.4 is 24.2 Å². The first kappa shape index (κ1) is 28.4. The number of carbonyl (C=O) groups is 1. The van der Waals surface area contributed by atoms with Gasteiger partial charge in [0.1, 0.15) is 23.9 Å². The minimum absolute atomic E-state index is 0.0627. The fraction of sp³-hybridized carbons (Fsp3) is 0.240. The van der Waals surface area contributed by atoms with E-state index in [9.17, 15) is 22.0 Å². The summed E-state index contributed by atoms with van der Waals surface area (Å²) in [4.78, 5) is 11.9. The van der Waals surface area contributed by atoms with Gasteiger partial charge in [-0.2, -0.15) is 0 Å².